The summed E-state index contributed by atoms with van der Waals surface area (Å²) >= 11 is 0. The number of halogens is 2. The van der Waals surface area contributed by atoms with Gasteiger partial charge in [0, 0.05) is 13.0 Å². The van der Waals surface area contributed by atoms with E-state index in [1.165, 1.54) is 6.07 Å². The van der Waals surface area contributed by atoms with E-state index in [1.807, 2.05) is 0 Å². The molecule has 1 unspecified atom stereocenters. The average molecular weight is 298 g/mol. The van der Waals surface area contributed by atoms with Crippen LogP contribution in [-0.2, 0) is 11.3 Å². The summed E-state index contributed by atoms with van der Waals surface area (Å²) in [5.41, 5.74) is 6.11. The van der Waals surface area contributed by atoms with Gasteiger partial charge in [0.25, 0.3) is 0 Å². The van der Waals surface area contributed by atoms with Crippen LogP contribution in [0.15, 0.2) is 18.2 Å². The molecule has 0 saturated heterocycles. The molecule has 0 aliphatic heterocycles. The lowest BCUT2D eigenvalue weighted by molar-refractivity contribution is -0.121. The number of rotatable bonds is 8. The number of hydrogen-bond donors (Lipinski definition) is 2. The quantitative estimate of drug-likeness (QED) is 0.775. The lowest BCUT2D eigenvalue weighted by Crippen LogP contribution is -2.24. The minimum absolute atomic E-state index is 0.0811. The van der Waals surface area contributed by atoms with Crippen molar-refractivity contribution in [3.05, 3.63) is 35.4 Å². The van der Waals surface area contributed by atoms with Crippen LogP contribution in [0.1, 0.15) is 38.7 Å². The number of hydrogen-bond acceptors (Lipinski definition) is 2. The number of benzene rings is 1. The van der Waals surface area contributed by atoms with Gasteiger partial charge in [-0.05, 0) is 48.9 Å². The standard InChI is InChI=1S/C16H24F2N2O/c1-11(2)13(7-8-19)4-6-16(21)20-10-12-3-5-14(17)15(18)9-12/h3,5,9,11,13H,4,6-8,10,19H2,1-2H3,(H,20,21). The highest BCUT2D eigenvalue weighted by molar-refractivity contribution is 5.75. The summed E-state index contributed by atoms with van der Waals surface area (Å²) in [6.45, 7) is 5.08. The number of carbonyl (C=O) groups is 1. The van der Waals surface area contributed by atoms with Crippen molar-refractivity contribution in [1.82, 2.24) is 5.32 Å². The first-order valence-electron chi connectivity index (χ1n) is 7.34. The fraction of sp³-hybridized carbons (Fsp3) is 0.562. The summed E-state index contributed by atoms with van der Waals surface area (Å²) in [5, 5.41) is 2.72. The van der Waals surface area contributed by atoms with Gasteiger partial charge in [-0.3, -0.25) is 4.79 Å². The van der Waals surface area contributed by atoms with Crippen LogP contribution in [0.2, 0.25) is 0 Å². The van der Waals surface area contributed by atoms with Crippen molar-refractivity contribution in [2.45, 2.75) is 39.7 Å². The van der Waals surface area contributed by atoms with Crippen molar-refractivity contribution < 1.29 is 13.6 Å². The summed E-state index contributed by atoms with van der Waals surface area (Å²) < 4.78 is 25.8. The maximum absolute atomic E-state index is 13.0. The lowest BCUT2D eigenvalue weighted by atomic mass is 9.88. The van der Waals surface area contributed by atoms with E-state index >= 15 is 0 Å². The fourth-order valence-electron chi connectivity index (χ4n) is 2.28. The van der Waals surface area contributed by atoms with Crippen LogP contribution in [0.5, 0.6) is 0 Å². The van der Waals surface area contributed by atoms with Gasteiger partial charge in [0.2, 0.25) is 5.91 Å². The van der Waals surface area contributed by atoms with Crippen molar-refractivity contribution >= 4 is 5.91 Å². The average Bonchev–Trinajstić information content (AvgIpc) is 2.44. The molecule has 1 aromatic carbocycles. The second-order valence-corrected chi connectivity index (χ2v) is 5.65. The topological polar surface area (TPSA) is 55.1 Å². The van der Waals surface area contributed by atoms with Gasteiger partial charge >= 0.3 is 0 Å². The van der Waals surface area contributed by atoms with E-state index in [-0.39, 0.29) is 12.5 Å². The Kier molecular flexibility index (Phi) is 7.29. The smallest absolute Gasteiger partial charge is 0.220 e. The SMILES string of the molecule is CC(C)C(CCN)CCC(=O)NCc1ccc(F)c(F)c1. The molecule has 1 rings (SSSR count). The number of nitrogens with one attached hydrogen (secondary N) is 1. The van der Waals surface area contributed by atoms with Gasteiger partial charge < -0.3 is 11.1 Å². The van der Waals surface area contributed by atoms with Crippen LogP contribution in [0.3, 0.4) is 0 Å². The van der Waals surface area contributed by atoms with Gasteiger partial charge in [-0.1, -0.05) is 19.9 Å². The molecule has 3 N–H and O–H groups in total. The fourth-order valence-corrected chi connectivity index (χ4v) is 2.28. The molecule has 0 saturated carbocycles. The van der Waals surface area contributed by atoms with E-state index < -0.39 is 11.6 Å². The van der Waals surface area contributed by atoms with Crippen molar-refractivity contribution in [3.8, 4) is 0 Å². The molecule has 0 aromatic heterocycles. The van der Waals surface area contributed by atoms with E-state index in [0.717, 1.165) is 25.0 Å². The van der Waals surface area contributed by atoms with Gasteiger partial charge in [0.1, 0.15) is 0 Å². The maximum atomic E-state index is 13.0. The van der Waals surface area contributed by atoms with Crippen LogP contribution >= 0.6 is 0 Å². The first-order valence-corrected chi connectivity index (χ1v) is 7.34. The zero-order valence-corrected chi connectivity index (χ0v) is 12.7. The van der Waals surface area contributed by atoms with E-state index in [9.17, 15) is 13.6 Å². The Balaban J connectivity index is 2.38. The summed E-state index contributed by atoms with van der Waals surface area (Å²) in [4.78, 5) is 11.8. The highest BCUT2D eigenvalue weighted by Gasteiger charge is 2.14. The molecule has 0 spiro atoms. The molecular formula is C16H24F2N2O. The Bertz CT molecular complexity index is 464. The Morgan fingerprint density at radius 1 is 1.24 bits per heavy atom. The molecular weight excluding hydrogens is 274 g/mol. The van der Waals surface area contributed by atoms with Gasteiger partial charge in [-0.15, -0.1) is 0 Å². The number of carbonyl (C=O) groups excluding carboxylic acids is 1. The van der Waals surface area contributed by atoms with Crippen molar-refractivity contribution in [2.75, 3.05) is 6.54 Å². The van der Waals surface area contributed by atoms with E-state index in [0.29, 0.717) is 30.4 Å². The zero-order chi connectivity index (χ0) is 15.8. The third-order valence-corrected chi connectivity index (χ3v) is 3.70. The Hall–Kier alpha value is -1.49. The zero-order valence-electron chi connectivity index (χ0n) is 12.7. The molecule has 1 atom stereocenters. The van der Waals surface area contributed by atoms with E-state index in [4.69, 9.17) is 5.73 Å². The maximum Gasteiger partial charge on any atom is 0.220 e. The van der Waals surface area contributed by atoms with E-state index in [2.05, 4.69) is 19.2 Å². The monoisotopic (exact) mass is 298 g/mol. The normalized spacial score (nSPS) is 12.5. The summed E-state index contributed by atoms with van der Waals surface area (Å²) in [6, 6.07) is 3.62. The number of nitrogens with two attached hydrogens (primary N) is 1. The van der Waals surface area contributed by atoms with E-state index in [1.54, 1.807) is 0 Å². The Labute approximate surface area is 124 Å². The highest BCUT2D eigenvalue weighted by Crippen LogP contribution is 2.20. The lowest BCUT2D eigenvalue weighted by Gasteiger charge is -2.19. The molecule has 0 heterocycles. The minimum atomic E-state index is -0.899. The van der Waals surface area contributed by atoms with Gasteiger partial charge in [-0.25, -0.2) is 8.78 Å². The molecule has 5 heteroatoms. The first-order chi connectivity index (χ1) is 9.93. The molecule has 0 bridgehead atoms. The third-order valence-electron chi connectivity index (χ3n) is 3.70. The molecule has 1 aromatic rings. The Morgan fingerprint density at radius 2 is 1.95 bits per heavy atom. The molecule has 3 nitrogen and oxygen atoms in total. The molecule has 21 heavy (non-hydrogen) atoms. The summed E-state index contributed by atoms with van der Waals surface area (Å²) in [6.07, 6.45) is 2.12. The van der Waals surface area contributed by atoms with Crippen LogP contribution in [0.4, 0.5) is 8.78 Å². The summed E-state index contributed by atoms with van der Waals surface area (Å²) in [5.74, 6) is -0.935. The van der Waals surface area contributed by atoms with Crippen molar-refractivity contribution in [1.29, 1.82) is 0 Å². The summed E-state index contributed by atoms with van der Waals surface area (Å²) in [7, 11) is 0. The Morgan fingerprint density at radius 3 is 2.52 bits per heavy atom. The molecule has 1 amide bonds. The van der Waals surface area contributed by atoms with Crippen molar-refractivity contribution in [3.63, 3.8) is 0 Å². The van der Waals surface area contributed by atoms with Crippen LogP contribution in [-0.4, -0.2) is 12.5 Å². The molecule has 0 aliphatic carbocycles. The largest absolute Gasteiger partial charge is 0.352 e. The molecule has 0 radical (unpaired) electrons. The highest BCUT2D eigenvalue weighted by atomic mass is 19.2. The minimum Gasteiger partial charge on any atom is -0.352 e. The van der Waals surface area contributed by atoms with Crippen LogP contribution in [0, 0.1) is 23.5 Å². The van der Waals surface area contributed by atoms with Gasteiger partial charge in [-0.2, -0.15) is 0 Å². The molecule has 0 aliphatic rings. The third kappa shape index (κ3) is 6.21. The van der Waals surface area contributed by atoms with Crippen LogP contribution < -0.4 is 11.1 Å². The second kappa shape index (κ2) is 8.72. The first kappa shape index (κ1) is 17.6. The van der Waals surface area contributed by atoms with Gasteiger partial charge in [0.05, 0.1) is 0 Å². The second-order valence-electron chi connectivity index (χ2n) is 5.65. The van der Waals surface area contributed by atoms with Gasteiger partial charge in [0.15, 0.2) is 11.6 Å². The predicted molar refractivity (Wildman–Crippen MR) is 79.4 cm³/mol. The molecule has 118 valence electrons. The number of amides is 1. The molecule has 0 fully saturated rings. The van der Waals surface area contributed by atoms with Crippen LogP contribution in [0.25, 0.3) is 0 Å². The predicted octanol–water partition coefficient (Wildman–Crippen LogP) is 2.98. The van der Waals surface area contributed by atoms with Crippen molar-refractivity contribution in [2.24, 2.45) is 17.6 Å².